The number of thioether (sulfide) groups is 1. The van der Waals surface area contributed by atoms with E-state index in [1.165, 1.54) is 44.9 Å². The van der Waals surface area contributed by atoms with Crippen molar-refractivity contribution in [2.24, 2.45) is 0 Å². The maximum absolute atomic E-state index is 3.71. The van der Waals surface area contributed by atoms with Gasteiger partial charge in [-0.1, -0.05) is 75.0 Å². The van der Waals surface area contributed by atoms with Gasteiger partial charge in [-0.15, -0.1) is 5.92 Å². The summed E-state index contributed by atoms with van der Waals surface area (Å²) in [6, 6.07) is 0. The summed E-state index contributed by atoms with van der Waals surface area (Å²) in [7, 11) is 0. The third kappa shape index (κ3) is 17.2. The second kappa shape index (κ2) is 15.2. The van der Waals surface area contributed by atoms with Crippen molar-refractivity contribution in [3.63, 3.8) is 0 Å². The zero-order chi connectivity index (χ0) is 14.2. The second-order valence-corrected chi connectivity index (χ2v) is 5.74. The van der Waals surface area contributed by atoms with E-state index in [-0.39, 0.29) is 0 Å². The van der Waals surface area contributed by atoms with Crippen LogP contribution in [0.15, 0.2) is 11.6 Å². The Hall–Kier alpha value is -0.830. The molecule has 0 radical (unpaired) electrons. The van der Waals surface area contributed by atoms with Gasteiger partial charge >= 0.3 is 0 Å². The van der Waals surface area contributed by atoms with Crippen LogP contribution in [-0.4, -0.2) is 5.75 Å². The quantitative estimate of drug-likeness (QED) is 0.501. The molecule has 1 nitrogen and oxygen atoms in total. The lowest BCUT2D eigenvalue weighted by atomic mass is 10.1. The standard InChI is InChI=1S/C17H27NS/c1-3-4-5-6-7-8-9-10-11-12-13-14-15-16-19-17(2)18/h2-10,13,16,18H2,1H3/p+1. The molecule has 3 N–H and O–H groups in total. The van der Waals surface area contributed by atoms with Crippen LogP contribution in [0.2, 0.25) is 0 Å². The number of rotatable bonds is 9. The van der Waals surface area contributed by atoms with E-state index in [0.29, 0.717) is 6.42 Å². The fourth-order valence-corrected chi connectivity index (χ4v) is 2.00. The van der Waals surface area contributed by atoms with Gasteiger partial charge in [0.1, 0.15) is 0 Å². The smallest absolute Gasteiger partial charge is 0.155 e. The molecule has 0 aliphatic carbocycles. The van der Waals surface area contributed by atoms with Crippen LogP contribution in [0.4, 0.5) is 0 Å². The predicted molar refractivity (Wildman–Crippen MR) is 87.3 cm³/mol. The van der Waals surface area contributed by atoms with Crippen molar-refractivity contribution in [3.8, 4) is 23.7 Å². The molecule has 0 saturated heterocycles. The van der Waals surface area contributed by atoms with Gasteiger partial charge in [0.25, 0.3) is 0 Å². The van der Waals surface area contributed by atoms with Crippen LogP contribution in [0.3, 0.4) is 0 Å². The van der Waals surface area contributed by atoms with Crippen LogP contribution in [0.1, 0.15) is 64.7 Å². The minimum absolute atomic E-state index is 0.695. The first-order chi connectivity index (χ1) is 9.27. The average molecular weight is 278 g/mol. The Morgan fingerprint density at radius 1 is 0.947 bits per heavy atom. The highest BCUT2D eigenvalue weighted by Crippen LogP contribution is 2.07. The molecule has 0 aromatic rings. The molecule has 0 bridgehead atoms. The summed E-state index contributed by atoms with van der Waals surface area (Å²) in [4.78, 5) is 0. The number of unbranched alkanes of at least 4 members (excludes halogenated alkanes) is 7. The largest absolute Gasteiger partial charge is 0.320 e. The minimum Gasteiger partial charge on any atom is -0.320 e. The summed E-state index contributed by atoms with van der Waals surface area (Å²) in [5.74, 6) is 13.2. The van der Waals surface area contributed by atoms with Crippen molar-refractivity contribution < 1.29 is 5.73 Å². The van der Waals surface area contributed by atoms with Gasteiger partial charge in [0.2, 0.25) is 0 Å². The molecule has 0 atom stereocenters. The van der Waals surface area contributed by atoms with Crippen LogP contribution < -0.4 is 5.73 Å². The van der Waals surface area contributed by atoms with Crippen molar-refractivity contribution >= 4 is 11.8 Å². The molecule has 0 saturated carbocycles. The Bertz CT molecular complexity index is 338. The number of quaternary nitrogens is 1. The molecule has 0 amide bonds. The van der Waals surface area contributed by atoms with Gasteiger partial charge in [0, 0.05) is 6.42 Å². The van der Waals surface area contributed by atoms with Gasteiger partial charge in [-0.3, -0.25) is 0 Å². The third-order valence-corrected chi connectivity index (χ3v) is 3.38. The van der Waals surface area contributed by atoms with E-state index < -0.39 is 0 Å². The third-order valence-electron chi connectivity index (χ3n) is 2.68. The fourth-order valence-electron chi connectivity index (χ4n) is 1.62. The summed E-state index contributed by atoms with van der Waals surface area (Å²) in [5.41, 5.74) is 3.71. The highest BCUT2D eigenvalue weighted by molar-refractivity contribution is 8.02. The molecule has 0 heterocycles. The van der Waals surface area contributed by atoms with E-state index in [1.807, 2.05) is 0 Å². The molecule has 0 aromatic carbocycles. The van der Waals surface area contributed by atoms with Crippen LogP contribution >= 0.6 is 11.8 Å². The molecular formula is C17H28NS+. The first kappa shape index (κ1) is 18.2. The fraction of sp³-hybridized carbons (Fsp3) is 0.647. The van der Waals surface area contributed by atoms with Gasteiger partial charge in [0.05, 0.1) is 12.2 Å². The summed E-state index contributed by atoms with van der Waals surface area (Å²) < 4.78 is 0. The lowest BCUT2D eigenvalue weighted by molar-refractivity contribution is -0.283. The highest BCUT2D eigenvalue weighted by atomic mass is 32.2. The highest BCUT2D eigenvalue weighted by Gasteiger charge is 1.89. The monoisotopic (exact) mass is 278 g/mol. The Balaban J connectivity index is 3.28. The normalized spacial score (nSPS) is 9.16. The van der Waals surface area contributed by atoms with Crippen LogP contribution in [0, 0.1) is 23.7 Å². The van der Waals surface area contributed by atoms with E-state index in [1.54, 1.807) is 11.8 Å². The Kier molecular flexibility index (Phi) is 14.6. The van der Waals surface area contributed by atoms with Gasteiger partial charge in [0.15, 0.2) is 5.03 Å². The molecular weight excluding hydrogens is 250 g/mol. The van der Waals surface area contributed by atoms with Gasteiger partial charge < -0.3 is 5.73 Å². The Morgan fingerprint density at radius 3 is 2.26 bits per heavy atom. The zero-order valence-electron chi connectivity index (χ0n) is 12.4. The molecule has 19 heavy (non-hydrogen) atoms. The molecule has 0 aliphatic heterocycles. The second-order valence-electron chi connectivity index (χ2n) is 4.58. The summed E-state index contributed by atoms with van der Waals surface area (Å²) in [6.07, 6.45) is 11.2. The number of hydrogen-bond donors (Lipinski definition) is 1. The first-order valence-electron chi connectivity index (χ1n) is 7.32. The molecule has 0 aliphatic rings. The van der Waals surface area contributed by atoms with E-state index in [9.17, 15) is 0 Å². The Morgan fingerprint density at radius 2 is 1.58 bits per heavy atom. The van der Waals surface area contributed by atoms with Gasteiger partial charge in [-0.05, 0) is 13.0 Å². The molecule has 106 valence electrons. The van der Waals surface area contributed by atoms with E-state index in [2.05, 4.69) is 42.9 Å². The molecule has 0 spiro atoms. The van der Waals surface area contributed by atoms with Crippen molar-refractivity contribution in [2.75, 3.05) is 5.75 Å². The summed E-state index contributed by atoms with van der Waals surface area (Å²) >= 11 is 1.59. The molecule has 2 heteroatoms. The first-order valence-corrected chi connectivity index (χ1v) is 8.31. The Labute approximate surface area is 123 Å². The van der Waals surface area contributed by atoms with Crippen molar-refractivity contribution in [1.82, 2.24) is 0 Å². The summed E-state index contributed by atoms with van der Waals surface area (Å²) in [6.45, 7) is 5.97. The maximum Gasteiger partial charge on any atom is 0.155 e. The van der Waals surface area contributed by atoms with Crippen LogP contribution in [0.25, 0.3) is 0 Å². The zero-order valence-corrected chi connectivity index (χ0v) is 13.2. The van der Waals surface area contributed by atoms with Gasteiger partial charge in [-0.25, -0.2) is 0 Å². The number of hydrogen-bond acceptors (Lipinski definition) is 1. The van der Waals surface area contributed by atoms with E-state index in [4.69, 9.17) is 0 Å². The lowest BCUT2D eigenvalue weighted by Gasteiger charge is -1.97. The average Bonchev–Trinajstić information content (AvgIpc) is 2.39. The predicted octanol–water partition coefficient (Wildman–Crippen LogP) is 3.97. The van der Waals surface area contributed by atoms with Crippen molar-refractivity contribution in [1.29, 1.82) is 0 Å². The van der Waals surface area contributed by atoms with Crippen LogP contribution in [-0.2, 0) is 0 Å². The van der Waals surface area contributed by atoms with Gasteiger partial charge in [-0.2, -0.15) is 0 Å². The maximum atomic E-state index is 3.71. The molecule has 0 rings (SSSR count). The minimum atomic E-state index is 0.695. The summed E-state index contributed by atoms with van der Waals surface area (Å²) in [5, 5.41) is 0.874. The molecule has 0 unspecified atom stereocenters. The van der Waals surface area contributed by atoms with Crippen molar-refractivity contribution in [2.45, 2.75) is 64.7 Å². The topological polar surface area (TPSA) is 27.6 Å². The van der Waals surface area contributed by atoms with E-state index in [0.717, 1.165) is 17.2 Å². The molecule has 0 fully saturated rings. The van der Waals surface area contributed by atoms with E-state index >= 15 is 0 Å². The van der Waals surface area contributed by atoms with Crippen molar-refractivity contribution in [3.05, 3.63) is 11.6 Å². The lowest BCUT2D eigenvalue weighted by Crippen LogP contribution is -2.45. The SMILES string of the molecule is C=C([NH3+])SCC#CCC#CCCCCCCCCC. The van der Waals surface area contributed by atoms with Crippen LogP contribution in [0.5, 0.6) is 0 Å². The molecule has 0 aromatic heterocycles.